The average Bonchev–Trinajstić information content (AvgIpc) is 2.31. The molecule has 3 N–H and O–H groups in total. The van der Waals surface area contributed by atoms with Crippen LogP contribution in [0.5, 0.6) is 11.5 Å². The zero-order chi connectivity index (χ0) is 11.5. The molecule has 0 heterocycles. The summed E-state index contributed by atoms with van der Waals surface area (Å²) in [6, 6.07) is 3.55. The molecular formula is C13H19NO2. The van der Waals surface area contributed by atoms with E-state index in [1.807, 2.05) is 6.07 Å². The molecule has 1 aliphatic rings. The van der Waals surface area contributed by atoms with Crippen molar-refractivity contribution in [3.63, 3.8) is 0 Å². The Morgan fingerprint density at radius 3 is 2.94 bits per heavy atom. The number of phenols is 2. The van der Waals surface area contributed by atoms with Gasteiger partial charge in [0, 0.05) is 12.1 Å². The smallest absolute Gasteiger partial charge is 0.160 e. The third-order valence-corrected chi connectivity index (χ3v) is 3.36. The molecule has 2 rings (SSSR count). The molecule has 0 saturated heterocycles. The number of rotatable bonds is 3. The Morgan fingerprint density at radius 2 is 2.19 bits per heavy atom. The molecule has 0 fully saturated rings. The molecular weight excluding hydrogens is 202 g/mol. The summed E-state index contributed by atoms with van der Waals surface area (Å²) in [5.74, 6) is 0.553. The Labute approximate surface area is 96.1 Å². The van der Waals surface area contributed by atoms with Crippen LogP contribution in [0, 0.1) is 0 Å². The quantitative estimate of drug-likeness (QED) is 0.685. The Balaban J connectivity index is 2.28. The van der Waals surface area contributed by atoms with Crippen molar-refractivity contribution in [2.75, 3.05) is 13.1 Å². The number of likely N-dealkylation sites (N-methyl/N-ethyl adjacent to an activating group) is 1. The summed E-state index contributed by atoms with van der Waals surface area (Å²) in [5.41, 5.74) is 2.14. The predicted octanol–water partition coefficient (Wildman–Crippen LogP) is 2.13. The summed E-state index contributed by atoms with van der Waals surface area (Å²) in [6.45, 7) is 4.02. The first kappa shape index (κ1) is 11.3. The predicted molar refractivity (Wildman–Crippen MR) is 64.0 cm³/mol. The lowest BCUT2D eigenvalue weighted by molar-refractivity contribution is 0.392. The van der Waals surface area contributed by atoms with Crippen molar-refractivity contribution in [2.24, 2.45) is 0 Å². The highest BCUT2D eigenvalue weighted by Crippen LogP contribution is 2.40. The number of nitrogens with one attached hydrogen (secondary N) is 1. The first-order chi connectivity index (χ1) is 7.74. The van der Waals surface area contributed by atoms with Gasteiger partial charge in [0.1, 0.15) is 0 Å². The minimum absolute atomic E-state index is 0.00264. The lowest BCUT2D eigenvalue weighted by Crippen LogP contribution is -2.24. The maximum absolute atomic E-state index is 9.82. The van der Waals surface area contributed by atoms with Crippen molar-refractivity contribution < 1.29 is 10.2 Å². The molecule has 0 bridgehead atoms. The van der Waals surface area contributed by atoms with E-state index in [9.17, 15) is 10.2 Å². The van der Waals surface area contributed by atoms with Crippen LogP contribution in [0.15, 0.2) is 12.1 Å². The summed E-state index contributed by atoms with van der Waals surface area (Å²) in [6.07, 6.45) is 3.11. The Hall–Kier alpha value is -1.22. The van der Waals surface area contributed by atoms with Gasteiger partial charge < -0.3 is 15.5 Å². The number of fused-ring (bicyclic) bond motifs is 1. The van der Waals surface area contributed by atoms with Gasteiger partial charge >= 0.3 is 0 Å². The molecule has 0 aromatic heterocycles. The van der Waals surface area contributed by atoms with E-state index in [1.165, 1.54) is 5.56 Å². The van der Waals surface area contributed by atoms with E-state index in [2.05, 4.69) is 12.2 Å². The van der Waals surface area contributed by atoms with E-state index in [1.54, 1.807) is 6.07 Å². The molecule has 3 nitrogen and oxygen atoms in total. The van der Waals surface area contributed by atoms with E-state index < -0.39 is 0 Å². The molecule has 16 heavy (non-hydrogen) atoms. The van der Waals surface area contributed by atoms with Crippen molar-refractivity contribution in [3.8, 4) is 11.5 Å². The molecule has 0 unspecified atom stereocenters. The van der Waals surface area contributed by atoms with Crippen molar-refractivity contribution in [1.29, 1.82) is 0 Å². The first-order valence-electron chi connectivity index (χ1n) is 5.98. The van der Waals surface area contributed by atoms with Crippen LogP contribution in [0.3, 0.4) is 0 Å². The van der Waals surface area contributed by atoms with Gasteiger partial charge in [-0.05, 0) is 43.4 Å². The molecule has 3 heteroatoms. The maximum Gasteiger partial charge on any atom is 0.160 e. The van der Waals surface area contributed by atoms with E-state index in [0.717, 1.165) is 37.9 Å². The summed E-state index contributed by atoms with van der Waals surface area (Å²) >= 11 is 0. The Bertz CT molecular complexity index is 376. The zero-order valence-corrected chi connectivity index (χ0v) is 9.66. The number of benzene rings is 1. The van der Waals surface area contributed by atoms with Gasteiger partial charge in [0.25, 0.3) is 0 Å². The van der Waals surface area contributed by atoms with Crippen LogP contribution in [0.4, 0.5) is 0 Å². The van der Waals surface area contributed by atoms with E-state index in [-0.39, 0.29) is 11.5 Å². The second-order valence-corrected chi connectivity index (χ2v) is 4.40. The molecule has 0 amide bonds. The minimum atomic E-state index is 0.00264. The fourth-order valence-corrected chi connectivity index (χ4v) is 2.50. The standard InChI is InChI=1S/C13H19NO2/c1-2-14-8-9-4-3-5-11-10(9)6-7-12(15)13(11)16/h6-7,9,14-16H,2-5,8H2,1H3/t9-/m0/s1. The van der Waals surface area contributed by atoms with Crippen molar-refractivity contribution >= 4 is 0 Å². The van der Waals surface area contributed by atoms with Crippen LogP contribution in [-0.4, -0.2) is 23.3 Å². The van der Waals surface area contributed by atoms with Crippen LogP contribution in [0.2, 0.25) is 0 Å². The lowest BCUT2D eigenvalue weighted by atomic mass is 9.82. The van der Waals surface area contributed by atoms with Gasteiger partial charge in [0.05, 0.1) is 0 Å². The van der Waals surface area contributed by atoms with Crippen LogP contribution >= 0.6 is 0 Å². The third-order valence-electron chi connectivity index (χ3n) is 3.36. The highest BCUT2D eigenvalue weighted by atomic mass is 16.3. The molecule has 1 aromatic carbocycles. The molecule has 0 aliphatic heterocycles. The largest absolute Gasteiger partial charge is 0.504 e. The van der Waals surface area contributed by atoms with Crippen molar-refractivity contribution in [1.82, 2.24) is 5.32 Å². The van der Waals surface area contributed by atoms with E-state index in [4.69, 9.17) is 0 Å². The Kier molecular flexibility index (Phi) is 3.34. The SMILES string of the molecule is CCNC[C@@H]1CCCc2c1ccc(O)c2O. The second kappa shape index (κ2) is 4.74. The fraction of sp³-hybridized carbons (Fsp3) is 0.538. The van der Waals surface area contributed by atoms with Gasteiger partial charge in [-0.15, -0.1) is 0 Å². The van der Waals surface area contributed by atoms with Gasteiger partial charge in [-0.2, -0.15) is 0 Å². The first-order valence-corrected chi connectivity index (χ1v) is 5.98. The third kappa shape index (κ3) is 2.00. The van der Waals surface area contributed by atoms with E-state index >= 15 is 0 Å². The molecule has 0 saturated carbocycles. The number of aromatic hydroxyl groups is 2. The lowest BCUT2D eigenvalue weighted by Gasteiger charge is -2.26. The normalized spacial score (nSPS) is 19.4. The molecule has 1 atom stereocenters. The maximum atomic E-state index is 9.82. The summed E-state index contributed by atoms with van der Waals surface area (Å²) in [4.78, 5) is 0. The zero-order valence-electron chi connectivity index (χ0n) is 9.66. The summed E-state index contributed by atoms with van der Waals surface area (Å²) < 4.78 is 0. The van der Waals surface area contributed by atoms with E-state index in [0.29, 0.717) is 5.92 Å². The van der Waals surface area contributed by atoms with Crippen molar-refractivity contribution in [3.05, 3.63) is 23.3 Å². The van der Waals surface area contributed by atoms with Crippen LogP contribution in [-0.2, 0) is 6.42 Å². The monoisotopic (exact) mass is 221 g/mol. The fourth-order valence-electron chi connectivity index (χ4n) is 2.50. The molecule has 0 radical (unpaired) electrons. The molecule has 0 spiro atoms. The van der Waals surface area contributed by atoms with Gasteiger partial charge in [-0.25, -0.2) is 0 Å². The summed E-state index contributed by atoms with van der Waals surface area (Å²) in [5, 5.41) is 22.6. The van der Waals surface area contributed by atoms with Gasteiger partial charge in [-0.3, -0.25) is 0 Å². The Morgan fingerprint density at radius 1 is 1.38 bits per heavy atom. The summed E-state index contributed by atoms with van der Waals surface area (Å²) in [7, 11) is 0. The van der Waals surface area contributed by atoms with Gasteiger partial charge in [0.2, 0.25) is 0 Å². The highest BCUT2D eigenvalue weighted by molar-refractivity contribution is 5.51. The topological polar surface area (TPSA) is 52.5 Å². The van der Waals surface area contributed by atoms with Gasteiger partial charge in [-0.1, -0.05) is 13.0 Å². The van der Waals surface area contributed by atoms with Crippen LogP contribution < -0.4 is 5.32 Å². The molecule has 1 aliphatic carbocycles. The van der Waals surface area contributed by atoms with Crippen LogP contribution in [0.25, 0.3) is 0 Å². The number of phenolic OH excluding ortho intramolecular Hbond substituents is 2. The average molecular weight is 221 g/mol. The number of hydrogen-bond donors (Lipinski definition) is 3. The molecule has 1 aromatic rings. The van der Waals surface area contributed by atoms with Crippen LogP contribution in [0.1, 0.15) is 36.8 Å². The highest BCUT2D eigenvalue weighted by Gasteiger charge is 2.23. The molecule has 88 valence electrons. The minimum Gasteiger partial charge on any atom is -0.504 e. The van der Waals surface area contributed by atoms with Crippen molar-refractivity contribution in [2.45, 2.75) is 32.1 Å². The van der Waals surface area contributed by atoms with Gasteiger partial charge in [0.15, 0.2) is 11.5 Å². The second-order valence-electron chi connectivity index (χ2n) is 4.40. The number of hydrogen-bond acceptors (Lipinski definition) is 3.